The summed E-state index contributed by atoms with van der Waals surface area (Å²) >= 11 is 0. The number of hydrogen-bond donors (Lipinski definition) is 1. The third kappa shape index (κ3) is 3.96. The Kier molecular flexibility index (Phi) is 6.45. The van der Waals surface area contributed by atoms with Crippen molar-refractivity contribution in [3.05, 3.63) is 47.5 Å². The molecule has 1 aromatic heterocycles. The van der Waals surface area contributed by atoms with E-state index < -0.39 is 0 Å². The highest BCUT2D eigenvalue weighted by Gasteiger charge is 2.31. The second kappa shape index (κ2) is 8.36. The van der Waals surface area contributed by atoms with Crippen molar-refractivity contribution < 1.29 is 9.53 Å². The number of aromatic nitrogens is 2. The van der Waals surface area contributed by atoms with E-state index in [-0.39, 0.29) is 24.4 Å². The van der Waals surface area contributed by atoms with Crippen LogP contribution in [0.25, 0.3) is 0 Å². The van der Waals surface area contributed by atoms with Gasteiger partial charge in [0.15, 0.2) is 0 Å². The topological polar surface area (TPSA) is 59.4 Å². The van der Waals surface area contributed by atoms with Gasteiger partial charge in [-0.1, -0.05) is 6.07 Å². The molecule has 0 radical (unpaired) electrons. The average Bonchev–Trinajstić information content (AvgIpc) is 3.02. The van der Waals surface area contributed by atoms with Crippen LogP contribution >= 0.6 is 12.4 Å². The first-order chi connectivity index (χ1) is 11.6. The Hall–Kier alpha value is -2.05. The Morgan fingerprint density at radius 3 is 2.92 bits per heavy atom. The molecule has 0 aliphatic carbocycles. The van der Waals surface area contributed by atoms with Crippen molar-refractivity contribution in [2.24, 2.45) is 7.05 Å². The quantitative estimate of drug-likeness (QED) is 0.904. The van der Waals surface area contributed by atoms with Crippen LogP contribution in [0.5, 0.6) is 5.75 Å². The number of nitrogens with one attached hydrogen (secondary N) is 1. The van der Waals surface area contributed by atoms with Gasteiger partial charge in [0.2, 0.25) is 0 Å². The molecule has 1 unspecified atom stereocenters. The Morgan fingerprint density at radius 2 is 2.24 bits per heavy atom. The maximum atomic E-state index is 13.1. The van der Waals surface area contributed by atoms with Gasteiger partial charge in [0.25, 0.3) is 5.91 Å². The van der Waals surface area contributed by atoms with E-state index in [4.69, 9.17) is 4.74 Å². The largest absolute Gasteiger partial charge is 0.494 e. The minimum absolute atomic E-state index is 0. The molecule has 6 nitrogen and oxygen atoms in total. The monoisotopic (exact) mass is 364 g/mol. The summed E-state index contributed by atoms with van der Waals surface area (Å²) < 4.78 is 7.60. The lowest BCUT2D eigenvalue weighted by Crippen LogP contribution is -2.49. The second-order valence-corrected chi connectivity index (χ2v) is 6.03. The molecular weight excluding hydrogens is 340 g/mol. The Balaban J connectivity index is 0.00000225. The van der Waals surface area contributed by atoms with E-state index in [9.17, 15) is 4.79 Å². The van der Waals surface area contributed by atoms with Crippen molar-refractivity contribution in [1.82, 2.24) is 19.8 Å². The van der Waals surface area contributed by atoms with E-state index >= 15 is 0 Å². The molecule has 1 aliphatic heterocycles. The van der Waals surface area contributed by atoms with Crippen molar-refractivity contribution in [3.8, 4) is 5.75 Å². The molecule has 0 spiro atoms. The van der Waals surface area contributed by atoms with Gasteiger partial charge in [0, 0.05) is 44.6 Å². The first-order valence-electron chi connectivity index (χ1n) is 8.34. The molecule has 0 bridgehead atoms. The Morgan fingerprint density at radius 1 is 1.44 bits per heavy atom. The standard InChI is InChI=1S/C18H24N4O2.ClH/c1-4-24-16-11-14(6-5-13(16)2)18(23)22-10-7-19-12-15(22)17-20-8-9-21(17)3;/h5-6,8-9,11,15,19H,4,7,10,12H2,1-3H3;1H. The maximum Gasteiger partial charge on any atom is 0.254 e. The van der Waals surface area contributed by atoms with E-state index in [0.29, 0.717) is 25.3 Å². The van der Waals surface area contributed by atoms with E-state index in [1.54, 1.807) is 6.20 Å². The predicted molar refractivity (Wildman–Crippen MR) is 99.5 cm³/mol. The molecule has 0 saturated carbocycles. The molecule has 1 amide bonds. The van der Waals surface area contributed by atoms with Gasteiger partial charge in [0.1, 0.15) is 17.6 Å². The van der Waals surface area contributed by atoms with Crippen LogP contribution in [0.2, 0.25) is 0 Å². The molecule has 25 heavy (non-hydrogen) atoms. The van der Waals surface area contributed by atoms with E-state index in [2.05, 4.69) is 10.3 Å². The van der Waals surface area contributed by atoms with Crippen LogP contribution in [-0.4, -0.2) is 46.6 Å². The van der Waals surface area contributed by atoms with Crippen LogP contribution in [0, 0.1) is 6.92 Å². The van der Waals surface area contributed by atoms with Gasteiger partial charge < -0.3 is 19.5 Å². The predicted octanol–water partition coefficient (Wildman–Crippen LogP) is 2.34. The molecule has 1 aromatic carbocycles. The van der Waals surface area contributed by atoms with Crippen molar-refractivity contribution >= 4 is 18.3 Å². The number of benzene rings is 1. The maximum absolute atomic E-state index is 13.1. The van der Waals surface area contributed by atoms with Gasteiger partial charge >= 0.3 is 0 Å². The highest BCUT2D eigenvalue weighted by molar-refractivity contribution is 5.95. The number of ether oxygens (including phenoxy) is 1. The third-order valence-corrected chi connectivity index (χ3v) is 4.40. The average molecular weight is 365 g/mol. The Labute approximate surface area is 154 Å². The van der Waals surface area contributed by atoms with Crippen molar-refractivity contribution in [2.75, 3.05) is 26.2 Å². The fourth-order valence-corrected chi connectivity index (χ4v) is 3.09. The first kappa shape index (κ1) is 19.3. The van der Waals surface area contributed by atoms with Crippen LogP contribution in [0.3, 0.4) is 0 Å². The summed E-state index contributed by atoms with van der Waals surface area (Å²) in [6.07, 6.45) is 3.68. The molecule has 1 atom stereocenters. The fourth-order valence-electron chi connectivity index (χ4n) is 3.09. The first-order valence-corrected chi connectivity index (χ1v) is 8.34. The molecular formula is C18H25ClN4O2. The highest BCUT2D eigenvalue weighted by Crippen LogP contribution is 2.25. The van der Waals surface area contributed by atoms with Crippen LogP contribution in [0.4, 0.5) is 0 Å². The van der Waals surface area contributed by atoms with Crippen molar-refractivity contribution in [1.29, 1.82) is 0 Å². The van der Waals surface area contributed by atoms with E-state index in [1.165, 1.54) is 0 Å². The summed E-state index contributed by atoms with van der Waals surface area (Å²) in [5.41, 5.74) is 1.69. The Bertz CT molecular complexity index is 732. The van der Waals surface area contributed by atoms with Crippen LogP contribution in [0.15, 0.2) is 30.6 Å². The summed E-state index contributed by atoms with van der Waals surface area (Å²) in [6.45, 7) is 6.68. The zero-order valence-electron chi connectivity index (χ0n) is 14.9. The number of rotatable bonds is 4. The van der Waals surface area contributed by atoms with E-state index in [0.717, 1.165) is 23.7 Å². The minimum Gasteiger partial charge on any atom is -0.494 e. The molecule has 1 N–H and O–H groups in total. The lowest BCUT2D eigenvalue weighted by Gasteiger charge is -2.35. The molecule has 1 saturated heterocycles. The summed E-state index contributed by atoms with van der Waals surface area (Å²) in [5.74, 6) is 1.69. The number of carbonyl (C=O) groups is 1. The summed E-state index contributed by atoms with van der Waals surface area (Å²) in [5, 5.41) is 3.36. The van der Waals surface area contributed by atoms with Crippen molar-refractivity contribution in [3.63, 3.8) is 0 Å². The number of nitrogens with zero attached hydrogens (tertiary/aromatic N) is 3. The zero-order valence-corrected chi connectivity index (χ0v) is 15.7. The number of amides is 1. The molecule has 3 rings (SSSR count). The molecule has 1 aliphatic rings. The summed E-state index contributed by atoms with van der Waals surface area (Å²) in [7, 11) is 1.96. The smallest absolute Gasteiger partial charge is 0.254 e. The van der Waals surface area contributed by atoms with Gasteiger partial charge in [-0.25, -0.2) is 4.98 Å². The lowest BCUT2D eigenvalue weighted by molar-refractivity contribution is 0.0620. The summed E-state index contributed by atoms with van der Waals surface area (Å²) in [4.78, 5) is 19.4. The van der Waals surface area contributed by atoms with Gasteiger partial charge in [-0.2, -0.15) is 0 Å². The molecule has 1 fully saturated rings. The molecule has 2 heterocycles. The number of hydrogen-bond acceptors (Lipinski definition) is 4. The van der Waals surface area contributed by atoms with E-state index in [1.807, 2.05) is 54.8 Å². The normalized spacial score (nSPS) is 17.1. The fraction of sp³-hybridized carbons (Fsp3) is 0.444. The second-order valence-electron chi connectivity index (χ2n) is 6.03. The number of carbonyl (C=O) groups excluding carboxylic acids is 1. The minimum atomic E-state index is -0.0666. The zero-order chi connectivity index (χ0) is 17.1. The molecule has 136 valence electrons. The number of imidazole rings is 1. The van der Waals surface area contributed by atoms with Gasteiger partial charge in [-0.15, -0.1) is 12.4 Å². The van der Waals surface area contributed by atoms with Gasteiger partial charge in [-0.3, -0.25) is 4.79 Å². The van der Waals surface area contributed by atoms with Crippen molar-refractivity contribution in [2.45, 2.75) is 19.9 Å². The molecule has 7 heteroatoms. The number of aryl methyl sites for hydroxylation is 2. The van der Waals surface area contributed by atoms with Gasteiger partial charge in [-0.05, 0) is 31.5 Å². The lowest BCUT2D eigenvalue weighted by atomic mass is 10.1. The SMILES string of the molecule is CCOc1cc(C(=O)N2CCNCC2c2nccn2C)ccc1C.Cl. The molecule has 2 aromatic rings. The van der Waals surface area contributed by atoms with Gasteiger partial charge in [0.05, 0.1) is 6.61 Å². The number of piperazine rings is 1. The van der Waals surface area contributed by atoms with Crippen LogP contribution in [-0.2, 0) is 7.05 Å². The number of halogens is 1. The van der Waals surface area contributed by atoms with Crippen LogP contribution in [0.1, 0.15) is 34.7 Å². The van der Waals surface area contributed by atoms with Crippen LogP contribution < -0.4 is 10.1 Å². The third-order valence-electron chi connectivity index (χ3n) is 4.40. The highest BCUT2D eigenvalue weighted by atomic mass is 35.5. The summed E-state index contributed by atoms with van der Waals surface area (Å²) in [6, 6.07) is 5.59.